The summed E-state index contributed by atoms with van der Waals surface area (Å²) >= 11 is 0. The monoisotopic (exact) mass is 306 g/mol. The highest BCUT2D eigenvalue weighted by Gasteiger charge is 2.35. The molecule has 0 saturated carbocycles. The molecule has 1 heterocycles. The fraction of sp³-hybridized carbons (Fsp3) is 0.692. The number of anilines is 2. The molecule has 120 valence electrons. The summed E-state index contributed by atoms with van der Waals surface area (Å²) in [7, 11) is 1.49. The van der Waals surface area contributed by atoms with Crippen LogP contribution in [0.3, 0.4) is 0 Å². The fourth-order valence-electron chi connectivity index (χ4n) is 1.85. The summed E-state index contributed by atoms with van der Waals surface area (Å²) in [6.07, 6.45) is -3.18. The Hall–Kier alpha value is -1.57. The predicted molar refractivity (Wildman–Crippen MR) is 75.2 cm³/mol. The first-order valence-electron chi connectivity index (χ1n) is 6.79. The fourth-order valence-corrected chi connectivity index (χ4v) is 1.85. The average molecular weight is 306 g/mol. The van der Waals surface area contributed by atoms with Gasteiger partial charge in [-0.25, -0.2) is 9.97 Å². The van der Waals surface area contributed by atoms with E-state index in [1.54, 1.807) is 0 Å². The Morgan fingerprint density at radius 1 is 1.14 bits per heavy atom. The normalized spacial score (nSPS) is 12.3. The van der Waals surface area contributed by atoms with Gasteiger partial charge in [-0.3, -0.25) is 0 Å². The zero-order chi connectivity index (χ0) is 16.1. The molecule has 3 N–H and O–H groups in total. The van der Waals surface area contributed by atoms with Crippen molar-refractivity contribution < 1.29 is 18.3 Å². The highest BCUT2D eigenvalue weighted by molar-refractivity contribution is 5.47. The molecule has 0 spiro atoms. The highest BCUT2D eigenvalue weighted by Crippen LogP contribution is 2.29. The minimum atomic E-state index is -4.60. The minimum Gasteiger partial charge on any atom is -0.396 e. The zero-order valence-electron chi connectivity index (χ0n) is 12.4. The van der Waals surface area contributed by atoms with Crippen LogP contribution in [0, 0.1) is 5.41 Å². The molecule has 5 nitrogen and oxygen atoms in total. The van der Waals surface area contributed by atoms with Crippen LogP contribution in [0.1, 0.15) is 32.5 Å². The van der Waals surface area contributed by atoms with E-state index in [2.05, 4.69) is 20.6 Å². The molecule has 1 aromatic rings. The van der Waals surface area contributed by atoms with Crippen molar-refractivity contribution in [2.75, 3.05) is 30.8 Å². The SMILES string of the molecule is CCC(CC)(CO)CNc1cc(NC)nc(C(F)(F)F)n1. The van der Waals surface area contributed by atoms with Crippen LogP contribution in [0.4, 0.5) is 24.8 Å². The van der Waals surface area contributed by atoms with Gasteiger partial charge in [-0.2, -0.15) is 13.2 Å². The molecule has 0 bridgehead atoms. The molecule has 0 aliphatic heterocycles. The lowest BCUT2D eigenvalue weighted by molar-refractivity contribution is -0.144. The Labute approximate surface area is 122 Å². The predicted octanol–water partition coefficient (Wildman–Crippen LogP) is 2.75. The summed E-state index contributed by atoms with van der Waals surface area (Å²) in [6.45, 7) is 4.17. The van der Waals surface area contributed by atoms with Gasteiger partial charge in [-0.15, -0.1) is 0 Å². The lowest BCUT2D eigenvalue weighted by Gasteiger charge is -2.29. The van der Waals surface area contributed by atoms with Crippen molar-refractivity contribution in [2.45, 2.75) is 32.9 Å². The number of hydrogen-bond donors (Lipinski definition) is 3. The third kappa shape index (κ3) is 4.45. The van der Waals surface area contributed by atoms with Crippen molar-refractivity contribution in [3.63, 3.8) is 0 Å². The van der Waals surface area contributed by atoms with Gasteiger partial charge in [-0.1, -0.05) is 13.8 Å². The Morgan fingerprint density at radius 3 is 2.14 bits per heavy atom. The maximum Gasteiger partial charge on any atom is 0.451 e. The van der Waals surface area contributed by atoms with Crippen LogP contribution in [0.2, 0.25) is 0 Å². The number of nitrogens with zero attached hydrogens (tertiary/aromatic N) is 2. The number of nitrogens with one attached hydrogen (secondary N) is 2. The molecule has 21 heavy (non-hydrogen) atoms. The molecule has 0 saturated heterocycles. The van der Waals surface area contributed by atoms with Gasteiger partial charge in [0.2, 0.25) is 5.82 Å². The van der Waals surface area contributed by atoms with Crippen LogP contribution in [0.5, 0.6) is 0 Å². The van der Waals surface area contributed by atoms with Crippen LogP contribution in [-0.4, -0.2) is 35.3 Å². The van der Waals surface area contributed by atoms with E-state index in [9.17, 15) is 18.3 Å². The van der Waals surface area contributed by atoms with E-state index in [1.165, 1.54) is 13.1 Å². The van der Waals surface area contributed by atoms with Crippen molar-refractivity contribution in [1.82, 2.24) is 9.97 Å². The molecule has 1 aromatic heterocycles. The van der Waals surface area contributed by atoms with E-state index in [-0.39, 0.29) is 23.7 Å². The average Bonchev–Trinajstić information content (AvgIpc) is 2.48. The minimum absolute atomic E-state index is 0.0386. The van der Waals surface area contributed by atoms with Crippen molar-refractivity contribution in [1.29, 1.82) is 0 Å². The van der Waals surface area contributed by atoms with Crippen LogP contribution in [0.25, 0.3) is 0 Å². The van der Waals surface area contributed by atoms with Gasteiger partial charge in [0.15, 0.2) is 0 Å². The number of aliphatic hydroxyl groups excluding tert-OH is 1. The maximum absolute atomic E-state index is 12.7. The second kappa shape index (κ2) is 6.93. The lowest BCUT2D eigenvalue weighted by Crippen LogP contribution is -2.32. The zero-order valence-corrected chi connectivity index (χ0v) is 12.4. The van der Waals surface area contributed by atoms with E-state index in [0.717, 1.165) is 0 Å². The summed E-state index contributed by atoms with van der Waals surface area (Å²) in [5.74, 6) is -1.02. The Morgan fingerprint density at radius 2 is 1.71 bits per heavy atom. The second-order valence-corrected chi connectivity index (χ2v) is 4.93. The molecule has 0 aliphatic carbocycles. The summed E-state index contributed by atoms with van der Waals surface area (Å²) in [5.41, 5.74) is -0.372. The van der Waals surface area contributed by atoms with Gasteiger partial charge in [-0.05, 0) is 12.8 Å². The summed E-state index contributed by atoms with van der Waals surface area (Å²) in [5, 5.41) is 14.9. The Balaban J connectivity index is 2.98. The number of hydrogen-bond acceptors (Lipinski definition) is 5. The largest absolute Gasteiger partial charge is 0.451 e. The third-order valence-corrected chi connectivity index (χ3v) is 3.72. The van der Waals surface area contributed by atoms with Crippen molar-refractivity contribution >= 4 is 11.6 Å². The lowest BCUT2D eigenvalue weighted by atomic mass is 9.83. The van der Waals surface area contributed by atoms with Gasteiger partial charge in [0.1, 0.15) is 11.6 Å². The Kier molecular flexibility index (Phi) is 5.77. The molecule has 0 atom stereocenters. The van der Waals surface area contributed by atoms with E-state index in [0.29, 0.717) is 19.4 Å². The van der Waals surface area contributed by atoms with E-state index >= 15 is 0 Å². The molecule has 0 fully saturated rings. The van der Waals surface area contributed by atoms with Crippen molar-refractivity contribution in [3.8, 4) is 0 Å². The Bertz CT molecular complexity index is 453. The second-order valence-electron chi connectivity index (χ2n) is 4.93. The van der Waals surface area contributed by atoms with Crippen molar-refractivity contribution in [3.05, 3.63) is 11.9 Å². The summed E-state index contributed by atoms with van der Waals surface area (Å²) in [4.78, 5) is 6.88. The summed E-state index contributed by atoms with van der Waals surface area (Å²) < 4.78 is 38.2. The van der Waals surface area contributed by atoms with Crippen LogP contribution >= 0.6 is 0 Å². The van der Waals surface area contributed by atoms with Gasteiger partial charge < -0.3 is 15.7 Å². The number of aliphatic hydroxyl groups is 1. The smallest absolute Gasteiger partial charge is 0.396 e. The van der Waals surface area contributed by atoms with Crippen LogP contribution in [-0.2, 0) is 6.18 Å². The van der Waals surface area contributed by atoms with E-state index in [4.69, 9.17) is 0 Å². The van der Waals surface area contributed by atoms with Crippen LogP contribution in [0.15, 0.2) is 6.07 Å². The quantitative estimate of drug-likeness (QED) is 0.722. The molecule has 0 amide bonds. The molecule has 1 rings (SSSR count). The number of halogens is 3. The van der Waals surface area contributed by atoms with Gasteiger partial charge in [0, 0.05) is 25.1 Å². The topological polar surface area (TPSA) is 70.1 Å². The maximum atomic E-state index is 12.7. The first-order chi connectivity index (χ1) is 9.80. The van der Waals surface area contributed by atoms with Crippen LogP contribution < -0.4 is 10.6 Å². The highest BCUT2D eigenvalue weighted by atomic mass is 19.4. The van der Waals surface area contributed by atoms with Crippen molar-refractivity contribution in [2.24, 2.45) is 5.41 Å². The third-order valence-electron chi connectivity index (χ3n) is 3.72. The molecule has 0 radical (unpaired) electrons. The molecular weight excluding hydrogens is 285 g/mol. The number of rotatable bonds is 7. The number of alkyl halides is 3. The number of aromatic nitrogens is 2. The summed E-state index contributed by atoms with van der Waals surface area (Å²) in [6, 6.07) is 1.41. The van der Waals surface area contributed by atoms with Gasteiger partial charge in [0.05, 0.1) is 6.61 Å². The van der Waals surface area contributed by atoms with E-state index in [1.807, 2.05) is 13.8 Å². The first-order valence-corrected chi connectivity index (χ1v) is 6.79. The molecule has 8 heteroatoms. The molecule has 0 aliphatic rings. The van der Waals surface area contributed by atoms with Gasteiger partial charge in [0.25, 0.3) is 0 Å². The molecular formula is C13H21F3N4O. The first kappa shape index (κ1) is 17.5. The molecule has 0 aromatic carbocycles. The van der Waals surface area contributed by atoms with E-state index < -0.39 is 12.0 Å². The van der Waals surface area contributed by atoms with Gasteiger partial charge >= 0.3 is 6.18 Å². The molecule has 0 unspecified atom stereocenters. The standard InChI is InChI=1S/C13H21F3N4O/c1-4-12(5-2,8-21)7-18-10-6-9(17-3)19-11(20-10)13(14,15)16/h6,21H,4-5,7-8H2,1-3H3,(H2,17,18,19,20).